The van der Waals surface area contributed by atoms with E-state index in [2.05, 4.69) is 118 Å². The summed E-state index contributed by atoms with van der Waals surface area (Å²) in [4.78, 5) is 37.9. The van der Waals surface area contributed by atoms with Crippen molar-refractivity contribution in [3.63, 3.8) is 0 Å². The molecule has 0 saturated heterocycles. The minimum Gasteiger partial charge on any atom is -0.462 e. The van der Waals surface area contributed by atoms with E-state index in [1.54, 1.807) is 0 Å². The smallest absolute Gasteiger partial charge is 0.306 e. The Morgan fingerprint density at radius 1 is 0.333 bits per heavy atom. The number of hydrogen-bond donors (Lipinski definition) is 0. The molecule has 0 aliphatic heterocycles. The van der Waals surface area contributed by atoms with Gasteiger partial charge < -0.3 is 14.2 Å². The van der Waals surface area contributed by atoms with E-state index in [1.807, 2.05) is 0 Å². The second kappa shape index (κ2) is 51.0. The molecule has 0 fully saturated rings. The zero-order valence-electron chi connectivity index (χ0n) is 40.8. The van der Waals surface area contributed by atoms with Gasteiger partial charge in [-0.25, -0.2) is 0 Å². The van der Waals surface area contributed by atoms with Gasteiger partial charge in [-0.1, -0.05) is 201 Å². The summed E-state index contributed by atoms with van der Waals surface area (Å²) in [5, 5.41) is 0. The maximum Gasteiger partial charge on any atom is 0.306 e. The van der Waals surface area contributed by atoms with Gasteiger partial charge in [0, 0.05) is 19.3 Å². The number of allylic oxidation sites excluding steroid dienone is 16. The van der Waals surface area contributed by atoms with E-state index in [0.29, 0.717) is 19.3 Å². The van der Waals surface area contributed by atoms with Crippen LogP contribution in [0.1, 0.15) is 226 Å². The third kappa shape index (κ3) is 49.2. The van der Waals surface area contributed by atoms with Crippen LogP contribution in [0.3, 0.4) is 0 Å². The zero-order chi connectivity index (χ0) is 45.8. The van der Waals surface area contributed by atoms with Gasteiger partial charge in [-0.3, -0.25) is 14.4 Å². The Morgan fingerprint density at radius 3 is 1.03 bits per heavy atom. The molecule has 0 spiro atoms. The third-order valence-corrected chi connectivity index (χ3v) is 10.6. The molecule has 358 valence electrons. The van der Waals surface area contributed by atoms with Gasteiger partial charge in [-0.15, -0.1) is 0 Å². The highest BCUT2D eigenvalue weighted by molar-refractivity contribution is 5.71. The topological polar surface area (TPSA) is 78.9 Å². The molecule has 0 saturated carbocycles. The molecule has 0 aromatic carbocycles. The van der Waals surface area contributed by atoms with E-state index in [9.17, 15) is 14.4 Å². The summed E-state index contributed by atoms with van der Waals surface area (Å²) in [5.74, 6) is -0.983. The number of hydrogen-bond acceptors (Lipinski definition) is 6. The fourth-order valence-corrected chi connectivity index (χ4v) is 6.71. The Kier molecular flexibility index (Phi) is 48.0. The molecule has 0 unspecified atom stereocenters. The van der Waals surface area contributed by atoms with Gasteiger partial charge in [-0.2, -0.15) is 0 Å². The van der Waals surface area contributed by atoms with Gasteiger partial charge in [0.15, 0.2) is 6.10 Å². The monoisotopic (exact) mass is 875 g/mol. The Balaban J connectivity index is 4.49. The van der Waals surface area contributed by atoms with Gasteiger partial charge in [0.25, 0.3) is 0 Å². The number of unbranched alkanes of at least 4 members (excludes halogenated alkanes) is 18. The summed E-state index contributed by atoms with van der Waals surface area (Å²) in [5.41, 5.74) is 0. The Labute approximate surface area is 387 Å². The maximum atomic E-state index is 12.8. The van der Waals surface area contributed by atoms with E-state index in [0.717, 1.165) is 103 Å². The molecular formula is C57H94O6. The van der Waals surface area contributed by atoms with E-state index in [1.165, 1.54) is 77.0 Å². The second-order valence-corrected chi connectivity index (χ2v) is 16.7. The molecule has 0 N–H and O–H groups in total. The van der Waals surface area contributed by atoms with Crippen LogP contribution in [-0.2, 0) is 28.6 Å². The molecule has 0 aromatic heterocycles. The van der Waals surface area contributed by atoms with Crippen LogP contribution < -0.4 is 0 Å². The molecule has 0 aliphatic rings. The van der Waals surface area contributed by atoms with Crippen LogP contribution >= 0.6 is 0 Å². The first-order chi connectivity index (χ1) is 31.0. The molecule has 0 aliphatic carbocycles. The highest BCUT2D eigenvalue weighted by Crippen LogP contribution is 2.13. The van der Waals surface area contributed by atoms with Crippen LogP contribution in [0.2, 0.25) is 0 Å². The third-order valence-electron chi connectivity index (χ3n) is 10.6. The van der Waals surface area contributed by atoms with Crippen molar-refractivity contribution in [3.05, 3.63) is 97.2 Å². The molecule has 63 heavy (non-hydrogen) atoms. The normalized spacial score (nSPS) is 12.9. The first-order valence-electron chi connectivity index (χ1n) is 25.7. The lowest BCUT2D eigenvalue weighted by atomic mass is 10.1. The number of rotatable bonds is 45. The molecule has 6 nitrogen and oxygen atoms in total. The largest absolute Gasteiger partial charge is 0.462 e. The summed E-state index contributed by atoms with van der Waals surface area (Å²) in [6.45, 7) is 6.41. The van der Waals surface area contributed by atoms with E-state index >= 15 is 0 Å². The van der Waals surface area contributed by atoms with E-state index in [-0.39, 0.29) is 37.5 Å². The number of ether oxygens (including phenoxy) is 3. The minimum atomic E-state index is -0.811. The average Bonchev–Trinajstić information content (AvgIpc) is 3.28. The van der Waals surface area contributed by atoms with Crippen molar-refractivity contribution >= 4 is 17.9 Å². The van der Waals surface area contributed by atoms with Gasteiger partial charge in [0.1, 0.15) is 13.2 Å². The van der Waals surface area contributed by atoms with Crippen molar-refractivity contribution in [3.8, 4) is 0 Å². The maximum absolute atomic E-state index is 12.8. The van der Waals surface area contributed by atoms with Gasteiger partial charge >= 0.3 is 17.9 Å². The first kappa shape index (κ1) is 59.3. The molecular weight excluding hydrogens is 781 g/mol. The first-order valence-corrected chi connectivity index (χ1v) is 25.7. The summed E-state index contributed by atoms with van der Waals surface area (Å²) < 4.78 is 16.7. The highest BCUT2D eigenvalue weighted by atomic mass is 16.6. The molecule has 0 heterocycles. The van der Waals surface area contributed by atoms with Crippen molar-refractivity contribution in [2.24, 2.45) is 0 Å². The van der Waals surface area contributed by atoms with E-state index < -0.39 is 6.10 Å². The molecule has 1 atom stereocenters. The van der Waals surface area contributed by atoms with Crippen LogP contribution in [0.5, 0.6) is 0 Å². The zero-order valence-corrected chi connectivity index (χ0v) is 40.8. The van der Waals surface area contributed by atoms with Gasteiger partial charge in [-0.05, 0) is 103 Å². The van der Waals surface area contributed by atoms with Crippen molar-refractivity contribution in [1.29, 1.82) is 0 Å². The minimum absolute atomic E-state index is 0.104. The quantitative estimate of drug-likeness (QED) is 0.0262. The number of carbonyl (C=O) groups excluding carboxylic acids is 3. The van der Waals surface area contributed by atoms with Crippen molar-refractivity contribution < 1.29 is 28.6 Å². The highest BCUT2D eigenvalue weighted by Gasteiger charge is 2.19. The van der Waals surface area contributed by atoms with Gasteiger partial charge in [0.05, 0.1) is 0 Å². The average molecular weight is 875 g/mol. The lowest BCUT2D eigenvalue weighted by molar-refractivity contribution is -0.167. The molecule has 0 radical (unpaired) electrons. The summed E-state index contributed by atoms with van der Waals surface area (Å²) in [6, 6.07) is 0. The summed E-state index contributed by atoms with van der Waals surface area (Å²) in [6.07, 6.45) is 66.8. The number of esters is 3. The number of carbonyl (C=O) groups is 3. The van der Waals surface area contributed by atoms with Crippen LogP contribution in [-0.4, -0.2) is 37.2 Å². The van der Waals surface area contributed by atoms with Crippen LogP contribution in [0, 0.1) is 0 Å². The molecule has 6 heteroatoms. The Hall–Kier alpha value is -3.67. The standard InChI is InChI=1S/C57H94O6/c1-4-7-10-13-16-19-22-24-26-27-28-29-31-32-35-38-41-44-47-50-56(59)62-53-54(52-61-55(58)49-46-43-40-37-34-21-18-15-12-9-6-3)63-57(60)51-48-45-42-39-36-33-30-25-23-20-17-14-11-8-5-2/h8,11,16-17,19-20,24-26,28-30,32,35-36,39,54H,4-7,9-10,12-15,18,21-23,27,31,33-34,37-38,40-53H2,1-3H3/b11-8-,19-16-,20-17-,26-24-,29-28-,30-25-,35-32-,39-36-/t54-/m1/s1. The lowest BCUT2D eigenvalue weighted by Crippen LogP contribution is -2.30. The second-order valence-electron chi connectivity index (χ2n) is 16.7. The van der Waals surface area contributed by atoms with Gasteiger partial charge in [0.2, 0.25) is 0 Å². The molecule has 0 amide bonds. The Morgan fingerprint density at radius 2 is 0.619 bits per heavy atom. The van der Waals surface area contributed by atoms with Crippen LogP contribution in [0.25, 0.3) is 0 Å². The lowest BCUT2D eigenvalue weighted by Gasteiger charge is -2.18. The predicted octanol–water partition coefficient (Wildman–Crippen LogP) is 17.0. The van der Waals surface area contributed by atoms with Crippen LogP contribution in [0.15, 0.2) is 97.2 Å². The molecule has 0 rings (SSSR count). The fraction of sp³-hybridized carbons (Fsp3) is 0.667. The Bertz CT molecular complexity index is 1280. The molecule has 0 aromatic rings. The van der Waals surface area contributed by atoms with Crippen molar-refractivity contribution in [2.45, 2.75) is 232 Å². The molecule has 0 bridgehead atoms. The SMILES string of the molecule is CC/C=C\C/C=C\C/C=C\C/C=C\CCCCC(=O)O[C@@H](COC(=O)CCCCC/C=C\C/C=C\C/C=C\C/C=C\CCCCC)COC(=O)CCCCCCCCCCCCC. The van der Waals surface area contributed by atoms with Crippen molar-refractivity contribution in [1.82, 2.24) is 0 Å². The summed E-state index contributed by atoms with van der Waals surface area (Å²) in [7, 11) is 0. The van der Waals surface area contributed by atoms with Crippen molar-refractivity contribution in [2.75, 3.05) is 13.2 Å². The fourth-order valence-electron chi connectivity index (χ4n) is 6.71. The van der Waals surface area contributed by atoms with E-state index in [4.69, 9.17) is 14.2 Å². The predicted molar refractivity (Wildman–Crippen MR) is 270 cm³/mol. The summed E-state index contributed by atoms with van der Waals surface area (Å²) >= 11 is 0. The van der Waals surface area contributed by atoms with Crippen LogP contribution in [0.4, 0.5) is 0 Å².